The first-order valence-corrected chi connectivity index (χ1v) is 14.5. The second kappa shape index (κ2) is 15.4. The summed E-state index contributed by atoms with van der Waals surface area (Å²) in [6.45, 7) is 7.96. The van der Waals surface area contributed by atoms with Crippen LogP contribution in [0.3, 0.4) is 0 Å². The third-order valence-corrected chi connectivity index (χ3v) is 7.69. The lowest BCUT2D eigenvalue weighted by atomic mass is 9.59. The summed E-state index contributed by atoms with van der Waals surface area (Å²) in [4.78, 5) is 39.8. The Morgan fingerprint density at radius 1 is 0.744 bits per heavy atom. The van der Waals surface area contributed by atoms with Gasteiger partial charge >= 0.3 is 0 Å². The second-order valence-corrected chi connectivity index (χ2v) is 12.0. The van der Waals surface area contributed by atoms with Gasteiger partial charge in [-0.1, -0.05) is 140 Å². The van der Waals surface area contributed by atoms with Crippen molar-refractivity contribution in [2.75, 3.05) is 0 Å². The summed E-state index contributed by atoms with van der Waals surface area (Å²) >= 11 is 0. The second-order valence-electron chi connectivity index (χ2n) is 12.0. The van der Waals surface area contributed by atoms with Crippen molar-refractivity contribution in [1.82, 2.24) is 5.32 Å². The van der Waals surface area contributed by atoms with Crippen LogP contribution in [0.25, 0.3) is 0 Å². The lowest BCUT2D eigenvalue weighted by Crippen LogP contribution is -2.56. The summed E-state index contributed by atoms with van der Waals surface area (Å²) in [5.74, 6) is -2.43. The predicted molar refractivity (Wildman–Crippen MR) is 158 cm³/mol. The van der Waals surface area contributed by atoms with Crippen LogP contribution in [-0.2, 0) is 14.4 Å². The van der Waals surface area contributed by atoms with Crippen LogP contribution in [0.2, 0.25) is 0 Å². The fourth-order valence-electron chi connectivity index (χ4n) is 5.92. The Bertz CT molecular complexity index is 994. The van der Waals surface area contributed by atoms with E-state index in [1.54, 1.807) is 0 Å². The molecule has 0 heterocycles. The molecule has 6 heteroatoms. The number of rotatable bonds is 17. The van der Waals surface area contributed by atoms with Crippen molar-refractivity contribution in [3.8, 4) is 0 Å². The third kappa shape index (κ3) is 9.52. The summed E-state index contributed by atoms with van der Waals surface area (Å²) in [7, 11) is 0. The van der Waals surface area contributed by atoms with Crippen LogP contribution in [0.4, 0.5) is 0 Å². The normalized spacial score (nSPS) is 14.0. The molecular formula is C33H49N3O3. The summed E-state index contributed by atoms with van der Waals surface area (Å²) in [6, 6.07) is 19.0. The molecule has 0 fully saturated rings. The number of amides is 3. The molecule has 0 aromatic heterocycles. The quantitative estimate of drug-likeness (QED) is 0.203. The summed E-state index contributed by atoms with van der Waals surface area (Å²) < 4.78 is 0. The van der Waals surface area contributed by atoms with E-state index in [9.17, 15) is 14.4 Å². The number of nitrogens with two attached hydrogens (primary N) is 2. The first-order valence-electron chi connectivity index (χ1n) is 14.5. The molecule has 1 unspecified atom stereocenters. The maximum absolute atomic E-state index is 14.2. The van der Waals surface area contributed by atoms with Crippen molar-refractivity contribution in [2.24, 2.45) is 28.2 Å². The van der Waals surface area contributed by atoms with E-state index in [4.69, 9.17) is 11.5 Å². The van der Waals surface area contributed by atoms with Gasteiger partial charge in [0.2, 0.25) is 17.7 Å². The highest BCUT2D eigenvalue weighted by atomic mass is 16.2. The van der Waals surface area contributed by atoms with Gasteiger partial charge < -0.3 is 16.8 Å². The first kappa shape index (κ1) is 32.1. The van der Waals surface area contributed by atoms with E-state index in [2.05, 4.69) is 12.2 Å². The van der Waals surface area contributed by atoms with Gasteiger partial charge in [-0.25, -0.2) is 0 Å². The highest BCUT2D eigenvalue weighted by Gasteiger charge is 2.53. The molecule has 0 saturated carbocycles. The highest BCUT2D eigenvalue weighted by Crippen LogP contribution is 2.47. The van der Waals surface area contributed by atoms with Gasteiger partial charge in [-0.3, -0.25) is 14.4 Å². The van der Waals surface area contributed by atoms with Gasteiger partial charge in [-0.15, -0.1) is 0 Å². The molecule has 214 valence electrons. The molecule has 0 aliphatic heterocycles. The number of unbranched alkanes of at least 4 members (excludes halogenated alkanes) is 7. The average molecular weight is 536 g/mol. The Kier molecular flexibility index (Phi) is 12.7. The maximum atomic E-state index is 14.2. The van der Waals surface area contributed by atoms with E-state index in [1.807, 2.05) is 81.4 Å². The minimum atomic E-state index is -1.38. The molecule has 0 bridgehead atoms. The number of carbonyl (C=O) groups is 3. The lowest BCUT2D eigenvalue weighted by molar-refractivity contribution is -0.150. The minimum Gasteiger partial charge on any atom is -0.370 e. The molecule has 0 saturated heterocycles. The monoisotopic (exact) mass is 535 g/mol. The van der Waals surface area contributed by atoms with E-state index < -0.39 is 34.6 Å². The number of nitrogens with one attached hydrogen (secondary N) is 1. The van der Waals surface area contributed by atoms with E-state index in [0.717, 1.165) is 30.4 Å². The van der Waals surface area contributed by atoms with E-state index in [1.165, 1.54) is 25.7 Å². The van der Waals surface area contributed by atoms with E-state index in [0.29, 0.717) is 12.8 Å². The Morgan fingerprint density at radius 2 is 1.21 bits per heavy atom. The first-order chi connectivity index (χ1) is 18.5. The molecule has 2 atom stereocenters. The van der Waals surface area contributed by atoms with E-state index in [-0.39, 0.29) is 12.3 Å². The molecule has 0 spiro atoms. The molecule has 6 nitrogen and oxygen atoms in total. The zero-order valence-electron chi connectivity index (χ0n) is 24.4. The van der Waals surface area contributed by atoms with Gasteiger partial charge in [0.25, 0.3) is 0 Å². The Hall–Kier alpha value is -3.15. The van der Waals surface area contributed by atoms with Crippen molar-refractivity contribution in [1.29, 1.82) is 0 Å². The van der Waals surface area contributed by atoms with Crippen LogP contribution in [0.5, 0.6) is 0 Å². The number of carbonyl (C=O) groups excluding carboxylic acids is 3. The molecular weight excluding hydrogens is 486 g/mol. The van der Waals surface area contributed by atoms with E-state index >= 15 is 0 Å². The minimum absolute atomic E-state index is 0.254. The molecule has 0 radical (unpaired) electrons. The van der Waals surface area contributed by atoms with Crippen LogP contribution in [0, 0.1) is 16.7 Å². The number of hydrogen-bond donors (Lipinski definition) is 3. The van der Waals surface area contributed by atoms with Gasteiger partial charge in [0.05, 0.1) is 17.4 Å². The fourth-order valence-corrected chi connectivity index (χ4v) is 5.92. The third-order valence-electron chi connectivity index (χ3n) is 7.69. The van der Waals surface area contributed by atoms with Crippen LogP contribution in [0.1, 0.15) is 109 Å². The van der Waals surface area contributed by atoms with Gasteiger partial charge in [0, 0.05) is 6.42 Å². The molecule has 2 aromatic rings. The van der Waals surface area contributed by atoms with Gasteiger partial charge in [0.15, 0.2) is 0 Å². The van der Waals surface area contributed by atoms with Crippen molar-refractivity contribution in [2.45, 2.75) is 97.9 Å². The topological polar surface area (TPSA) is 115 Å². The van der Waals surface area contributed by atoms with Crippen molar-refractivity contribution in [3.63, 3.8) is 0 Å². The summed E-state index contributed by atoms with van der Waals surface area (Å²) in [5, 5.41) is 3.22. The zero-order valence-corrected chi connectivity index (χ0v) is 24.4. The van der Waals surface area contributed by atoms with Crippen LogP contribution < -0.4 is 16.8 Å². The highest BCUT2D eigenvalue weighted by molar-refractivity contribution is 5.94. The molecule has 5 N–H and O–H groups in total. The number of primary amides is 2. The molecule has 0 aliphatic rings. The Morgan fingerprint density at radius 3 is 1.62 bits per heavy atom. The van der Waals surface area contributed by atoms with Crippen LogP contribution >= 0.6 is 0 Å². The molecule has 3 amide bonds. The molecule has 2 rings (SSSR count). The molecule has 2 aromatic carbocycles. The van der Waals surface area contributed by atoms with Crippen LogP contribution in [0.15, 0.2) is 60.7 Å². The molecule has 0 aliphatic carbocycles. The smallest absolute Gasteiger partial charge is 0.225 e. The van der Waals surface area contributed by atoms with Crippen LogP contribution in [-0.4, -0.2) is 17.7 Å². The predicted octanol–water partition coefficient (Wildman–Crippen LogP) is 6.43. The summed E-state index contributed by atoms with van der Waals surface area (Å²) in [6.07, 6.45) is 8.78. The zero-order chi connectivity index (χ0) is 28.9. The van der Waals surface area contributed by atoms with Crippen molar-refractivity contribution in [3.05, 3.63) is 71.8 Å². The average Bonchev–Trinajstić information content (AvgIpc) is 2.88. The standard InChI is InChI=1S/C33H49N3O3/c1-5-6-7-8-9-10-11-18-23-33(31(35)39,24-27(34)37)29(32(2,3)4)30(38)36-28(25-19-14-12-15-20-25)26-21-16-13-17-22-26/h12-17,19-22,28-29H,5-11,18,23-24H2,1-4H3,(H2,34,37)(H2,35,39)(H,36,38)/t29-,33?/m0/s1. The number of hydrogen-bond acceptors (Lipinski definition) is 3. The van der Waals surface area contributed by atoms with Gasteiger partial charge in [0.1, 0.15) is 0 Å². The summed E-state index contributed by atoms with van der Waals surface area (Å²) in [5.41, 5.74) is 11.6. The maximum Gasteiger partial charge on any atom is 0.225 e. The number of benzene rings is 2. The lowest BCUT2D eigenvalue weighted by Gasteiger charge is -2.44. The fraction of sp³-hybridized carbons (Fsp3) is 0.545. The van der Waals surface area contributed by atoms with Gasteiger partial charge in [-0.05, 0) is 23.0 Å². The van der Waals surface area contributed by atoms with Crippen molar-refractivity contribution < 1.29 is 14.4 Å². The molecule has 39 heavy (non-hydrogen) atoms. The van der Waals surface area contributed by atoms with Gasteiger partial charge in [-0.2, -0.15) is 0 Å². The van der Waals surface area contributed by atoms with Crippen molar-refractivity contribution >= 4 is 17.7 Å². The Balaban J connectivity index is 2.38. The largest absolute Gasteiger partial charge is 0.370 e. The Labute approximate surface area is 235 Å². The SMILES string of the molecule is CCCCCCCCCCC(CC(N)=O)(C(N)=O)[C@@H](C(=O)NC(c1ccccc1)c1ccccc1)C(C)(C)C.